The summed E-state index contributed by atoms with van der Waals surface area (Å²) in [5.74, 6) is -0.227. The van der Waals surface area contributed by atoms with Crippen LogP contribution in [0.5, 0.6) is 0 Å². The van der Waals surface area contributed by atoms with Crippen molar-refractivity contribution in [1.82, 2.24) is 0 Å². The van der Waals surface area contributed by atoms with Crippen molar-refractivity contribution in [1.29, 1.82) is 0 Å². The molecule has 2 bridgehead atoms. The summed E-state index contributed by atoms with van der Waals surface area (Å²) in [6, 6.07) is 0. The molecule has 0 aromatic rings. The second-order valence-corrected chi connectivity index (χ2v) is 8.18. The highest BCUT2D eigenvalue weighted by atomic mass is 16.6. The van der Waals surface area contributed by atoms with E-state index >= 15 is 0 Å². The zero-order valence-corrected chi connectivity index (χ0v) is 14.6. The average molecular weight is 324 g/mol. The standard InChI is InChI=1S/C18H30NO4/c1-4-5-7-19(2,3)8-6-9-22-17(20)15-12-10-13-14(11-12)23-18(21)16(13)15/h12-16H,4-11H2,1-3H3/q+1/t12-,13+,14-,15-,16+/m1/s1. The highest BCUT2D eigenvalue weighted by molar-refractivity contribution is 5.85. The van der Waals surface area contributed by atoms with Crippen LogP contribution in [-0.4, -0.2) is 56.3 Å². The number of esters is 2. The molecule has 0 radical (unpaired) electrons. The zero-order chi connectivity index (χ0) is 16.6. The molecule has 130 valence electrons. The first kappa shape index (κ1) is 16.7. The topological polar surface area (TPSA) is 52.6 Å². The molecular formula is C18H30NO4+. The molecule has 0 aromatic carbocycles. The zero-order valence-electron chi connectivity index (χ0n) is 14.6. The number of nitrogens with zero attached hydrogens (tertiary/aromatic N) is 1. The molecule has 3 rings (SSSR count). The minimum atomic E-state index is -0.242. The van der Waals surface area contributed by atoms with Gasteiger partial charge in [0.2, 0.25) is 0 Å². The van der Waals surface area contributed by atoms with Gasteiger partial charge in [0.05, 0.1) is 45.6 Å². The van der Waals surface area contributed by atoms with Gasteiger partial charge in [-0.15, -0.1) is 0 Å². The molecule has 0 N–H and O–H groups in total. The lowest BCUT2D eigenvalue weighted by Gasteiger charge is -2.30. The molecule has 1 heterocycles. The molecule has 2 saturated carbocycles. The van der Waals surface area contributed by atoms with Gasteiger partial charge in [-0.05, 0) is 25.2 Å². The van der Waals surface area contributed by atoms with Crippen LogP contribution in [-0.2, 0) is 19.1 Å². The predicted molar refractivity (Wildman–Crippen MR) is 85.4 cm³/mol. The predicted octanol–water partition coefficient (Wildman–Crippen LogP) is 1.99. The molecule has 3 aliphatic rings. The van der Waals surface area contributed by atoms with Gasteiger partial charge in [-0.2, -0.15) is 0 Å². The SMILES string of the molecule is CCCC[N+](C)(C)CCCOC(=O)[C@@H]1[C@@H]2C[C@@H]3[C@@H]1C(=O)O[C@@H]3C2. The molecule has 5 nitrogen and oxygen atoms in total. The number of carbonyl (C=O) groups is 2. The molecule has 0 unspecified atom stereocenters. The molecule has 3 fully saturated rings. The van der Waals surface area contributed by atoms with Crippen LogP contribution >= 0.6 is 0 Å². The maximum Gasteiger partial charge on any atom is 0.310 e. The summed E-state index contributed by atoms with van der Waals surface area (Å²) in [5.41, 5.74) is 0. The fourth-order valence-corrected chi connectivity index (χ4v) is 4.78. The van der Waals surface area contributed by atoms with E-state index in [0.29, 0.717) is 12.5 Å². The fraction of sp³-hybridized carbons (Fsp3) is 0.889. The summed E-state index contributed by atoms with van der Waals surface area (Å²) in [6.45, 7) is 4.84. The molecule has 0 aromatic heterocycles. The third-order valence-electron chi connectivity index (χ3n) is 6.02. The van der Waals surface area contributed by atoms with Gasteiger partial charge in [0, 0.05) is 12.3 Å². The lowest BCUT2D eigenvalue weighted by atomic mass is 9.80. The van der Waals surface area contributed by atoms with Crippen molar-refractivity contribution in [3.05, 3.63) is 0 Å². The van der Waals surface area contributed by atoms with E-state index in [-0.39, 0.29) is 35.8 Å². The second-order valence-electron chi connectivity index (χ2n) is 8.18. The van der Waals surface area contributed by atoms with Gasteiger partial charge >= 0.3 is 11.9 Å². The lowest BCUT2D eigenvalue weighted by Crippen LogP contribution is -2.41. The Bertz CT molecular complexity index is 474. The summed E-state index contributed by atoms with van der Waals surface area (Å²) in [6.07, 6.45) is 5.21. The van der Waals surface area contributed by atoms with Gasteiger partial charge in [0.25, 0.3) is 0 Å². The Morgan fingerprint density at radius 3 is 2.74 bits per heavy atom. The average Bonchev–Trinajstić information content (AvgIpc) is 3.11. The van der Waals surface area contributed by atoms with Gasteiger partial charge in [-0.3, -0.25) is 9.59 Å². The summed E-state index contributed by atoms with van der Waals surface area (Å²) < 4.78 is 11.9. The van der Waals surface area contributed by atoms with E-state index in [1.807, 2.05) is 0 Å². The van der Waals surface area contributed by atoms with Gasteiger partial charge in [0.1, 0.15) is 6.10 Å². The van der Waals surface area contributed by atoms with E-state index in [4.69, 9.17) is 9.47 Å². The van der Waals surface area contributed by atoms with E-state index in [2.05, 4.69) is 21.0 Å². The van der Waals surface area contributed by atoms with Crippen LogP contribution < -0.4 is 0 Å². The molecule has 5 atom stereocenters. The maximum absolute atomic E-state index is 12.4. The van der Waals surface area contributed by atoms with E-state index in [0.717, 1.165) is 36.8 Å². The van der Waals surface area contributed by atoms with Gasteiger partial charge < -0.3 is 14.0 Å². The number of hydrogen-bond donors (Lipinski definition) is 0. The number of fused-ring (bicyclic) bond motifs is 1. The van der Waals surface area contributed by atoms with Crippen LogP contribution in [0, 0.1) is 23.7 Å². The monoisotopic (exact) mass is 324 g/mol. The largest absolute Gasteiger partial charge is 0.465 e. The highest BCUT2D eigenvalue weighted by Crippen LogP contribution is 2.57. The first-order chi connectivity index (χ1) is 10.9. The Morgan fingerprint density at radius 2 is 2.00 bits per heavy atom. The summed E-state index contributed by atoms with van der Waals surface area (Å²) in [5, 5.41) is 0. The number of carbonyl (C=O) groups excluding carboxylic acids is 2. The van der Waals surface area contributed by atoms with Gasteiger partial charge in [-0.25, -0.2) is 0 Å². The van der Waals surface area contributed by atoms with Gasteiger partial charge in [0.15, 0.2) is 0 Å². The Kier molecular flexibility index (Phi) is 4.68. The molecule has 2 aliphatic carbocycles. The molecule has 1 saturated heterocycles. The normalized spacial score (nSPS) is 34.7. The number of rotatable bonds is 8. The molecular weight excluding hydrogens is 294 g/mol. The van der Waals surface area contributed by atoms with Crippen molar-refractivity contribution < 1.29 is 23.5 Å². The minimum Gasteiger partial charge on any atom is -0.465 e. The van der Waals surface area contributed by atoms with Crippen LogP contribution in [0.1, 0.15) is 39.0 Å². The number of hydrogen-bond acceptors (Lipinski definition) is 4. The van der Waals surface area contributed by atoms with Crippen LogP contribution in [0.25, 0.3) is 0 Å². The van der Waals surface area contributed by atoms with Crippen molar-refractivity contribution in [3.63, 3.8) is 0 Å². The van der Waals surface area contributed by atoms with E-state index < -0.39 is 0 Å². The van der Waals surface area contributed by atoms with Crippen molar-refractivity contribution >= 4 is 11.9 Å². The van der Waals surface area contributed by atoms with Crippen LogP contribution in [0.3, 0.4) is 0 Å². The fourth-order valence-electron chi connectivity index (χ4n) is 4.78. The van der Waals surface area contributed by atoms with Crippen molar-refractivity contribution in [2.24, 2.45) is 23.7 Å². The molecule has 0 amide bonds. The Morgan fingerprint density at radius 1 is 1.26 bits per heavy atom. The van der Waals surface area contributed by atoms with E-state index in [1.54, 1.807) is 0 Å². The van der Waals surface area contributed by atoms with Crippen LogP contribution in [0.15, 0.2) is 0 Å². The van der Waals surface area contributed by atoms with Crippen LogP contribution in [0.2, 0.25) is 0 Å². The van der Waals surface area contributed by atoms with E-state index in [1.165, 1.54) is 12.8 Å². The third kappa shape index (κ3) is 3.25. The first-order valence-electron chi connectivity index (χ1n) is 9.12. The third-order valence-corrected chi connectivity index (χ3v) is 6.02. The van der Waals surface area contributed by atoms with Crippen molar-refractivity contribution in [3.8, 4) is 0 Å². The number of ether oxygens (including phenoxy) is 2. The minimum absolute atomic E-state index is 0.0817. The first-order valence-corrected chi connectivity index (χ1v) is 9.12. The Balaban J connectivity index is 1.43. The van der Waals surface area contributed by atoms with Crippen LogP contribution in [0.4, 0.5) is 0 Å². The lowest BCUT2D eigenvalue weighted by molar-refractivity contribution is -0.890. The van der Waals surface area contributed by atoms with E-state index in [9.17, 15) is 9.59 Å². The summed E-state index contributed by atoms with van der Waals surface area (Å²) >= 11 is 0. The summed E-state index contributed by atoms with van der Waals surface area (Å²) in [4.78, 5) is 24.4. The Labute approximate surface area is 138 Å². The second kappa shape index (κ2) is 6.42. The molecule has 5 heteroatoms. The molecule has 23 heavy (non-hydrogen) atoms. The molecule has 1 aliphatic heterocycles. The molecule has 0 spiro atoms. The van der Waals surface area contributed by atoms with Crippen molar-refractivity contribution in [2.45, 2.75) is 45.1 Å². The smallest absolute Gasteiger partial charge is 0.310 e. The van der Waals surface area contributed by atoms with Gasteiger partial charge in [-0.1, -0.05) is 13.3 Å². The quantitative estimate of drug-likeness (QED) is 0.389. The number of quaternary nitrogens is 1. The maximum atomic E-state index is 12.4. The summed E-state index contributed by atoms with van der Waals surface area (Å²) in [7, 11) is 4.45. The highest BCUT2D eigenvalue weighted by Gasteiger charge is 2.64. The number of unbranched alkanes of at least 4 members (excludes halogenated alkanes) is 1. The Hall–Kier alpha value is -1.10. The van der Waals surface area contributed by atoms with Crippen molar-refractivity contribution in [2.75, 3.05) is 33.8 Å².